The average Bonchev–Trinajstić information content (AvgIpc) is 3.34. The van der Waals surface area contributed by atoms with E-state index >= 15 is 0 Å². The van der Waals surface area contributed by atoms with Crippen LogP contribution in [0.2, 0.25) is 0 Å². The van der Waals surface area contributed by atoms with Crippen LogP contribution in [0, 0.1) is 0 Å². The second-order valence-corrected chi connectivity index (χ2v) is 11.1. The predicted octanol–water partition coefficient (Wildman–Crippen LogP) is 1.93. The van der Waals surface area contributed by atoms with Gasteiger partial charge in [0.1, 0.15) is 23.3 Å². The Balaban J connectivity index is 1.92. The molecule has 2 rings (SSSR count). The lowest BCUT2D eigenvalue weighted by Crippen LogP contribution is -2.36. The third-order valence-electron chi connectivity index (χ3n) is 3.28. The van der Waals surface area contributed by atoms with Crippen LogP contribution >= 0.6 is 21.6 Å². The second-order valence-electron chi connectivity index (χ2n) is 8.51. The normalized spacial score (nSPS) is 13.8. The molecule has 0 radical (unpaired) electrons. The highest BCUT2D eigenvalue weighted by molar-refractivity contribution is 8.76. The number of carbonyl (C=O) groups excluding carboxylic acids is 2. The van der Waals surface area contributed by atoms with Crippen molar-refractivity contribution in [1.29, 1.82) is 0 Å². The summed E-state index contributed by atoms with van der Waals surface area (Å²) >= 11 is 0. The van der Waals surface area contributed by atoms with Gasteiger partial charge in [0.05, 0.1) is 0 Å². The molecule has 2 heterocycles. The second kappa shape index (κ2) is 11.3. The summed E-state index contributed by atoms with van der Waals surface area (Å²) in [7, 11) is 2.86. The molecule has 2 aromatic heterocycles. The Kier molecular flexibility index (Phi) is 9.06. The molecule has 2 amide bonds. The Hall–Kier alpha value is -2.62. The number of nitrogens with one attached hydrogen (secondary N) is 4. The summed E-state index contributed by atoms with van der Waals surface area (Å²) in [6.45, 7) is 10.6. The van der Waals surface area contributed by atoms with Gasteiger partial charge in [0.15, 0.2) is 11.6 Å². The summed E-state index contributed by atoms with van der Waals surface area (Å²) in [4.78, 5) is 24.3. The van der Waals surface area contributed by atoms with E-state index < -0.39 is 35.5 Å². The highest BCUT2D eigenvalue weighted by Gasteiger charge is 2.25. The van der Waals surface area contributed by atoms with Gasteiger partial charge in [0.25, 0.3) is 0 Å². The van der Waals surface area contributed by atoms with Crippen molar-refractivity contribution in [1.82, 2.24) is 51.9 Å². The minimum Gasteiger partial charge on any atom is -0.444 e. The summed E-state index contributed by atoms with van der Waals surface area (Å²) < 4.78 is 10.6. The number of carbonyl (C=O) groups is 2. The van der Waals surface area contributed by atoms with Crippen LogP contribution < -0.4 is 10.6 Å². The number of amides is 2. The molecule has 0 aliphatic rings. The lowest BCUT2D eigenvalue weighted by Gasteiger charge is -2.23. The van der Waals surface area contributed by atoms with Crippen LogP contribution in [0.5, 0.6) is 0 Å². The van der Waals surface area contributed by atoms with E-state index in [1.54, 1.807) is 41.5 Å². The molecule has 0 saturated heterocycles. The van der Waals surface area contributed by atoms with Gasteiger partial charge in [0.2, 0.25) is 0 Å². The first-order valence-corrected chi connectivity index (χ1v) is 12.1. The number of H-pyrrole nitrogens is 2. The lowest BCUT2D eigenvalue weighted by molar-refractivity contribution is 0.0495. The van der Waals surface area contributed by atoms with Gasteiger partial charge < -0.3 is 20.1 Å². The van der Waals surface area contributed by atoms with Crippen molar-refractivity contribution in [3.8, 4) is 0 Å². The summed E-state index contributed by atoms with van der Waals surface area (Å²) in [5.41, 5.74) is -1.28. The van der Waals surface area contributed by atoms with Crippen LogP contribution in [0.1, 0.15) is 65.3 Å². The Morgan fingerprint density at radius 2 is 1.19 bits per heavy atom. The lowest BCUT2D eigenvalue weighted by atomic mass is 10.2. The zero-order valence-corrected chi connectivity index (χ0v) is 20.3. The van der Waals surface area contributed by atoms with Crippen molar-refractivity contribution in [2.75, 3.05) is 11.5 Å². The van der Waals surface area contributed by atoms with E-state index in [2.05, 4.69) is 51.9 Å². The molecule has 0 aromatic carbocycles. The number of aromatic nitrogens is 8. The molecule has 4 N–H and O–H groups in total. The van der Waals surface area contributed by atoms with Crippen LogP contribution in [-0.4, -0.2) is 76.1 Å². The molecule has 0 fully saturated rings. The molecule has 32 heavy (non-hydrogen) atoms. The first-order chi connectivity index (χ1) is 14.9. The third-order valence-corrected chi connectivity index (χ3v) is 5.70. The number of hydrogen-bond acceptors (Lipinski definition) is 12. The average molecular weight is 489 g/mol. The number of rotatable bonds is 9. The van der Waals surface area contributed by atoms with E-state index in [4.69, 9.17) is 9.47 Å². The zero-order chi connectivity index (χ0) is 23.8. The number of aromatic amines is 2. The van der Waals surface area contributed by atoms with Crippen molar-refractivity contribution in [3.05, 3.63) is 11.6 Å². The molecule has 0 saturated carbocycles. The molecule has 0 unspecified atom stereocenters. The van der Waals surface area contributed by atoms with Crippen molar-refractivity contribution in [2.45, 2.75) is 64.8 Å². The van der Waals surface area contributed by atoms with Crippen molar-refractivity contribution in [2.24, 2.45) is 0 Å². The van der Waals surface area contributed by atoms with Crippen LogP contribution in [0.15, 0.2) is 0 Å². The minimum absolute atomic E-state index is 0.325. The van der Waals surface area contributed by atoms with E-state index in [1.165, 1.54) is 21.6 Å². The van der Waals surface area contributed by atoms with Gasteiger partial charge in [-0.3, -0.25) is 0 Å². The summed E-state index contributed by atoms with van der Waals surface area (Å²) in [6, 6.07) is -1.08. The van der Waals surface area contributed by atoms with Crippen LogP contribution in [0.4, 0.5) is 9.59 Å². The van der Waals surface area contributed by atoms with Crippen LogP contribution in [0.25, 0.3) is 0 Å². The number of tetrazole rings is 2. The van der Waals surface area contributed by atoms with Gasteiger partial charge in [-0.15, -0.1) is 20.4 Å². The first kappa shape index (κ1) is 25.6. The van der Waals surface area contributed by atoms with Gasteiger partial charge in [0, 0.05) is 11.5 Å². The maximum absolute atomic E-state index is 12.2. The molecular weight excluding hydrogens is 460 g/mol. The maximum Gasteiger partial charge on any atom is 0.408 e. The van der Waals surface area contributed by atoms with Gasteiger partial charge in [-0.05, 0) is 41.5 Å². The van der Waals surface area contributed by atoms with Gasteiger partial charge in [-0.1, -0.05) is 32.0 Å². The minimum atomic E-state index is -0.640. The molecule has 14 nitrogen and oxygen atoms in total. The quantitative estimate of drug-likeness (QED) is 0.297. The summed E-state index contributed by atoms with van der Waals surface area (Å²) in [5.74, 6) is 1.47. The molecular formula is C16H28N10O4S2. The van der Waals surface area contributed by atoms with E-state index in [-0.39, 0.29) is 0 Å². The maximum atomic E-state index is 12.2. The van der Waals surface area contributed by atoms with Crippen molar-refractivity contribution in [3.63, 3.8) is 0 Å². The largest absolute Gasteiger partial charge is 0.444 e. The number of hydrogen-bond donors (Lipinski definition) is 4. The molecule has 2 atom stereocenters. The topological polar surface area (TPSA) is 186 Å². The first-order valence-electron chi connectivity index (χ1n) is 9.63. The number of ether oxygens (including phenoxy) is 2. The predicted molar refractivity (Wildman–Crippen MR) is 117 cm³/mol. The molecule has 0 spiro atoms. The Morgan fingerprint density at radius 1 is 0.812 bits per heavy atom. The van der Waals surface area contributed by atoms with E-state index in [0.717, 1.165) is 0 Å². The fraction of sp³-hybridized carbons (Fsp3) is 0.750. The van der Waals surface area contributed by atoms with E-state index in [9.17, 15) is 9.59 Å². The molecule has 2 aromatic rings. The SMILES string of the molecule is CC(C)(C)OC(=O)N[C@@H](CSSC[C@@H](NC(=O)OC(C)(C)C)c1nn[nH]n1)c1nn[nH]n1. The monoisotopic (exact) mass is 488 g/mol. The number of alkyl carbamates (subject to hydrolysis) is 2. The van der Waals surface area contributed by atoms with Crippen molar-refractivity contribution < 1.29 is 19.1 Å². The Bertz CT molecular complexity index is 766. The summed E-state index contributed by atoms with van der Waals surface area (Å²) in [5, 5.41) is 33.1. The number of nitrogens with zero attached hydrogens (tertiary/aromatic N) is 6. The van der Waals surface area contributed by atoms with E-state index in [1.807, 2.05) is 0 Å². The van der Waals surface area contributed by atoms with Gasteiger partial charge >= 0.3 is 12.2 Å². The smallest absolute Gasteiger partial charge is 0.408 e. The standard InChI is InChI=1S/C16H28N10O4S2/c1-15(2,3)29-13(27)17-9(11-19-23-24-20-11)7-31-32-8-10(12-21-25-26-22-12)18-14(28)30-16(4,5)6/h9-10H,7-8H2,1-6H3,(H,17,27)(H,18,28)(H,19,20,23,24)(H,21,22,25,26)/t9-,10+. The molecule has 16 heteroatoms. The highest BCUT2D eigenvalue weighted by atomic mass is 33.1. The fourth-order valence-electron chi connectivity index (χ4n) is 2.13. The molecule has 178 valence electrons. The molecule has 0 bridgehead atoms. The van der Waals surface area contributed by atoms with E-state index in [0.29, 0.717) is 23.2 Å². The highest BCUT2D eigenvalue weighted by Crippen LogP contribution is 2.30. The van der Waals surface area contributed by atoms with Crippen LogP contribution in [0.3, 0.4) is 0 Å². The molecule has 0 aliphatic heterocycles. The van der Waals surface area contributed by atoms with Crippen molar-refractivity contribution >= 4 is 33.8 Å². The summed E-state index contributed by atoms with van der Waals surface area (Å²) in [6.07, 6.45) is -1.18. The van der Waals surface area contributed by atoms with Gasteiger partial charge in [-0.25, -0.2) is 9.59 Å². The van der Waals surface area contributed by atoms with Gasteiger partial charge in [-0.2, -0.15) is 10.4 Å². The Labute approximate surface area is 192 Å². The third kappa shape index (κ3) is 9.67. The van der Waals surface area contributed by atoms with Crippen LogP contribution in [-0.2, 0) is 9.47 Å². The zero-order valence-electron chi connectivity index (χ0n) is 18.7. The molecule has 0 aliphatic carbocycles. The fourth-order valence-corrected chi connectivity index (χ4v) is 4.45. The Morgan fingerprint density at radius 3 is 1.47 bits per heavy atom.